The molecule has 0 fully saturated rings. The van der Waals surface area contributed by atoms with Crippen molar-refractivity contribution in [2.24, 2.45) is 0 Å². The van der Waals surface area contributed by atoms with Gasteiger partial charge in [0.05, 0.1) is 17.2 Å². The van der Waals surface area contributed by atoms with E-state index < -0.39 is 0 Å². The average Bonchev–Trinajstić information content (AvgIpc) is 2.56. The van der Waals surface area contributed by atoms with Crippen LogP contribution < -0.4 is 10.1 Å². The molecule has 0 aliphatic heterocycles. The number of pyridine rings is 1. The molecule has 0 bridgehead atoms. The Bertz CT molecular complexity index is 693. The Hall–Kier alpha value is -2.87. The second-order valence-electron chi connectivity index (χ2n) is 4.86. The molecule has 1 heterocycles. The number of carbonyl (C=O) groups is 1. The Balaban J connectivity index is 2.16. The normalized spacial score (nSPS) is 11.3. The second-order valence-corrected chi connectivity index (χ2v) is 4.86. The van der Waals surface area contributed by atoms with Gasteiger partial charge in [-0.25, -0.2) is 0 Å². The Morgan fingerprint density at radius 3 is 2.91 bits per heavy atom. The van der Waals surface area contributed by atoms with Gasteiger partial charge in [-0.3, -0.25) is 9.78 Å². The first kappa shape index (κ1) is 15.5. The monoisotopic (exact) mass is 295 g/mol. The third-order valence-corrected chi connectivity index (χ3v) is 3.18. The Kier molecular flexibility index (Phi) is 5.10. The maximum absolute atomic E-state index is 12.1. The topological polar surface area (TPSA) is 75.0 Å². The summed E-state index contributed by atoms with van der Waals surface area (Å²) in [5, 5.41) is 12.0. The van der Waals surface area contributed by atoms with Crippen molar-refractivity contribution >= 4 is 11.6 Å². The number of hydrogen-bond donors (Lipinski definition) is 1. The third kappa shape index (κ3) is 3.83. The molecular formula is C17H17N3O2. The molecule has 2 rings (SSSR count). The molecule has 0 saturated heterocycles. The molecular weight excluding hydrogens is 278 g/mol. The van der Waals surface area contributed by atoms with E-state index in [-0.39, 0.29) is 12.0 Å². The Morgan fingerprint density at radius 1 is 1.45 bits per heavy atom. The number of carbonyl (C=O) groups excluding carboxylic acids is 1. The molecule has 5 nitrogen and oxygen atoms in total. The molecule has 5 heteroatoms. The van der Waals surface area contributed by atoms with Gasteiger partial charge in [0.15, 0.2) is 0 Å². The van der Waals surface area contributed by atoms with Gasteiger partial charge in [0.25, 0.3) is 5.91 Å². The van der Waals surface area contributed by atoms with Crippen LogP contribution >= 0.6 is 0 Å². The van der Waals surface area contributed by atoms with Crippen molar-refractivity contribution in [1.29, 1.82) is 5.26 Å². The summed E-state index contributed by atoms with van der Waals surface area (Å²) in [6, 6.07) is 10.5. The number of hydrogen-bond acceptors (Lipinski definition) is 4. The molecule has 1 N–H and O–H groups in total. The van der Waals surface area contributed by atoms with E-state index in [1.54, 1.807) is 36.5 Å². The van der Waals surface area contributed by atoms with Crippen LogP contribution in [0.3, 0.4) is 0 Å². The summed E-state index contributed by atoms with van der Waals surface area (Å²) in [4.78, 5) is 16.0. The molecule has 1 amide bonds. The minimum Gasteiger partial charge on any atom is -0.489 e. The quantitative estimate of drug-likeness (QED) is 0.917. The van der Waals surface area contributed by atoms with Crippen molar-refractivity contribution in [2.75, 3.05) is 5.32 Å². The summed E-state index contributed by atoms with van der Waals surface area (Å²) in [5.41, 5.74) is 1.40. The standard InChI is InChI=1S/C17H17N3O2/c1-3-12(2)22-16-7-6-15(9-14(16)10-18)20-17(21)13-5-4-8-19-11-13/h4-9,11-12H,3H2,1-2H3,(H,20,21). The summed E-state index contributed by atoms with van der Waals surface area (Å²) in [6.45, 7) is 3.96. The van der Waals surface area contributed by atoms with E-state index in [0.717, 1.165) is 6.42 Å². The first-order valence-electron chi connectivity index (χ1n) is 7.06. The lowest BCUT2D eigenvalue weighted by atomic mass is 10.1. The van der Waals surface area contributed by atoms with E-state index in [2.05, 4.69) is 16.4 Å². The van der Waals surface area contributed by atoms with Crippen LogP contribution in [0.1, 0.15) is 36.2 Å². The molecule has 0 aliphatic rings. The highest BCUT2D eigenvalue weighted by molar-refractivity contribution is 6.04. The van der Waals surface area contributed by atoms with E-state index in [1.165, 1.54) is 6.20 Å². The zero-order chi connectivity index (χ0) is 15.9. The molecule has 1 aromatic heterocycles. The first-order valence-corrected chi connectivity index (χ1v) is 7.06. The fourth-order valence-electron chi connectivity index (χ4n) is 1.80. The van der Waals surface area contributed by atoms with Gasteiger partial charge in [0.1, 0.15) is 11.8 Å². The van der Waals surface area contributed by atoms with Crippen LogP contribution in [0.15, 0.2) is 42.7 Å². The van der Waals surface area contributed by atoms with Crippen LogP contribution in [0.4, 0.5) is 5.69 Å². The molecule has 0 aliphatic carbocycles. The predicted molar refractivity (Wildman–Crippen MR) is 83.7 cm³/mol. The van der Waals surface area contributed by atoms with Gasteiger partial charge in [-0.15, -0.1) is 0 Å². The van der Waals surface area contributed by atoms with E-state index in [4.69, 9.17) is 4.74 Å². The SMILES string of the molecule is CCC(C)Oc1ccc(NC(=O)c2cccnc2)cc1C#N. The fourth-order valence-corrected chi connectivity index (χ4v) is 1.80. The number of benzene rings is 1. The van der Waals surface area contributed by atoms with Crippen LogP contribution in [-0.4, -0.2) is 17.0 Å². The van der Waals surface area contributed by atoms with Gasteiger partial charge in [-0.1, -0.05) is 6.92 Å². The van der Waals surface area contributed by atoms with Gasteiger partial charge in [-0.05, 0) is 43.7 Å². The highest BCUT2D eigenvalue weighted by Crippen LogP contribution is 2.24. The number of nitrogens with one attached hydrogen (secondary N) is 1. The van der Waals surface area contributed by atoms with Gasteiger partial charge >= 0.3 is 0 Å². The van der Waals surface area contributed by atoms with Crippen LogP contribution in [0.2, 0.25) is 0 Å². The van der Waals surface area contributed by atoms with Gasteiger partial charge in [-0.2, -0.15) is 5.26 Å². The summed E-state index contributed by atoms with van der Waals surface area (Å²) >= 11 is 0. The third-order valence-electron chi connectivity index (χ3n) is 3.18. The van der Waals surface area contributed by atoms with Crippen LogP contribution in [0, 0.1) is 11.3 Å². The summed E-state index contributed by atoms with van der Waals surface area (Å²) in [5.74, 6) is 0.254. The first-order chi connectivity index (χ1) is 10.6. The van der Waals surface area contributed by atoms with Crippen molar-refractivity contribution in [2.45, 2.75) is 26.4 Å². The Labute approximate surface area is 129 Å². The maximum Gasteiger partial charge on any atom is 0.257 e. The van der Waals surface area contributed by atoms with Crippen molar-refractivity contribution in [3.63, 3.8) is 0 Å². The highest BCUT2D eigenvalue weighted by Gasteiger charge is 2.10. The lowest BCUT2D eigenvalue weighted by molar-refractivity contribution is 0.102. The molecule has 2 aromatic rings. The largest absolute Gasteiger partial charge is 0.489 e. The molecule has 0 radical (unpaired) electrons. The van der Waals surface area contributed by atoms with E-state index in [9.17, 15) is 10.1 Å². The second kappa shape index (κ2) is 7.23. The summed E-state index contributed by atoms with van der Waals surface area (Å²) < 4.78 is 5.68. The van der Waals surface area contributed by atoms with Crippen molar-refractivity contribution in [3.05, 3.63) is 53.9 Å². The lowest BCUT2D eigenvalue weighted by Gasteiger charge is -2.14. The number of anilines is 1. The van der Waals surface area contributed by atoms with Gasteiger partial charge in [0, 0.05) is 18.1 Å². The molecule has 112 valence electrons. The zero-order valence-electron chi connectivity index (χ0n) is 12.5. The molecule has 22 heavy (non-hydrogen) atoms. The minimum absolute atomic E-state index is 0.0305. The van der Waals surface area contributed by atoms with Crippen molar-refractivity contribution < 1.29 is 9.53 Å². The van der Waals surface area contributed by atoms with Gasteiger partial charge in [0.2, 0.25) is 0 Å². The smallest absolute Gasteiger partial charge is 0.257 e. The van der Waals surface area contributed by atoms with Crippen molar-refractivity contribution in [3.8, 4) is 11.8 Å². The number of nitriles is 1. The molecule has 0 spiro atoms. The molecule has 0 saturated carbocycles. The molecule has 1 atom stereocenters. The molecule has 1 aromatic carbocycles. The van der Waals surface area contributed by atoms with Crippen molar-refractivity contribution in [1.82, 2.24) is 4.98 Å². The number of rotatable bonds is 5. The lowest BCUT2D eigenvalue weighted by Crippen LogP contribution is -2.13. The minimum atomic E-state index is -0.271. The fraction of sp³-hybridized carbons (Fsp3) is 0.235. The summed E-state index contributed by atoms with van der Waals surface area (Å²) in [7, 11) is 0. The number of aromatic nitrogens is 1. The van der Waals surface area contributed by atoms with Crippen LogP contribution in [0.25, 0.3) is 0 Å². The zero-order valence-corrected chi connectivity index (χ0v) is 12.5. The molecule has 1 unspecified atom stereocenters. The van der Waals surface area contributed by atoms with E-state index in [1.807, 2.05) is 13.8 Å². The van der Waals surface area contributed by atoms with Crippen LogP contribution in [-0.2, 0) is 0 Å². The van der Waals surface area contributed by atoms with Gasteiger partial charge < -0.3 is 10.1 Å². The van der Waals surface area contributed by atoms with Crippen LogP contribution in [0.5, 0.6) is 5.75 Å². The van der Waals surface area contributed by atoms with E-state index >= 15 is 0 Å². The maximum atomic E-state index is 12.1. The number of amides is 1. The van der Waals surface area contributed by atoms with E-state index in [0.29, 0.717) is 22.6 Å². The summed E-state index contributed by atoms with van der Waals surface area (Å²) in [6.07, 6.45) is 3.97. The number of nitrogens with zero attached hydrogens (tertiary/aromatic N) is 2. The predicted octanol–water partition coefficient (Wildman–Crippen LogP) is 3.38. The highest BCUT2D eigenvalue weighted by atomic mass is 16.5. The number of ether oxygens (including phenoxy) is 1. The Morgan fingerprint density at radius 2 is 2.27 bits per heavy atom. The average molecular weight is 295 g/mol.